The first-order valence-corrected chi connectivity index (χ1v) is 8.31. The Morgan fingerprint density at radius 2 is 2.22 bits per heavy atom. The SMILES string of the molecule is Cc1cccnc1NC(=O)C1(c2cc(-c3cccs3)on2)CC1. The van der Waals surface area contributed by atoms with E-state index in [1.165, 1.54) is 0 Å². The van der Waals surface area contributed by atoms with E-state index < -0.39 is 5.41 Å². The zero-order valence-electron chi connectivity index (χ0n) is 12.6. The van der Waals surface area contributed by atoms with Gasteiger partial charge in [-0.2, -0.15) is 0 Å². The Kier molecular flexibility index (Phi) is 3.27. The lowest BCUT2D eigenvalue weighted by atomic mass is 10.0. The molecule has 3 aromatic rings. The van der Waals surface area contributed by atoms with Crippen molar-refractivity contribution in [3.05, 3.63) is 53.2 Å². The van der Waals surface area contributed by atoms with Gasteiger partial charge in [0.15, 0.2) is 5.76 Å². The van der Waals surface area contributed by atoms with Crippen molar-refractivity contribution in [1.82, 2.24) is 10.1 Å². The van der Waals surface area contributed by atoms with Gasteiger partial charge in [-0.05, 0) is 42.8 Å². The minimum absolute atomic E-state index is 0.0645. The molecule has 1 saturated carbocycles. The summed E-state index contributed by atoms with van der Waals surface area (Å²) in [6, 6.07) is 9.59. The molecule has 0 aromatic carbocycles. The number of hydrogen-bond acceptors (Lipinski definition) is 5. The van der Waals surface area contributed by atoms with Gasteiger partial charge < -0.3 is 9.84 Å². The van der Waals surface area contributed by atoms with Crippen LogP contribution in [0.25, 0.3) is 10.6 Å². The Labute approximate surface area is 137 Å². The third-order valence-electron chi connectivity index (χ3n) is 4.19. The van der Waals surface area contributed by atoms with Gasteiger partial charge in [0.1, 0.15) is 5.82 Å². The topological polar surface area (TPSA) is 68.0 Å². The number of hydrogen-bond donors (Lipinski definition) is 1. The second kappa shape index (κ2) is 5.31. The molecular formula is C17H15N3O2S. The maximum atomic E-state index is 12.7. The summed E-state index contributed by atoms with van der Waals surface area (Å²) in [5.74, 6) is 1.25. The normalized spacial score (nSPS) is 15.3. The Morgan fingerprint density at radius 3 is 2.91 bits per heavy atom. The van der Waals surface area contributed by atoms with E-state index in [1.54, 1.807) is 17.5 Å². The minimum atomic E-state index is -0.580. The molecule has 116 valence electrons. The van der Waals surface area contributed by atoms with Crippen LogP contribution >= 0.6 is 11.3 Å². The van der Waals surface area contributed by atoms with Crippen LogP contribution in [0.1, 0.15) is 24.1 Å². The fourth-order valence-electron chi connectivity index (χ4n) is 2.60. The lowest BCUT2D eigenvalue weighted by Gasteiger charge is -2.13. The van der Waals surface area contributed by atoms with E-state index >= 15 is 0 Å². The molecule has 1 fully saturated rings. The van der Waals surface area contributed by atoms with Crippen molar-refractivity contribution in [1.29, 1.82) is 0 Å². The van der Waals surface area contributed by atoms with Crippen molar-refractivity contribution >= 4 is 23.1 Å². The number of carbonyl (C=O) groups excluding carboxylic acids is 1. The quantitative estimate of drug-likeness (QED) is 0.792. The second-order valence-corrected chi connectivity index (χ2v) is 6.71. The second-order valence-electron chi connectivity index (χ2n) is 5.76. The standard InChI is InChI=1S/C17H15N3O2S/c1-11-4-2-8-18-15(11)19-16(21)17(6-7-17)14-10-12(22-20-14)13-5-3-9-23-13/h2-5,8-10H,6-7H2,1H3,(H,18,19,21). The average molecular weight is 325 g/mol. The molecule has 5 nitrogen and oxygen atoms in total. The van der Waals surface area contributed by atoms with Gasteiger partial charge in [0, 0.05) is 12.3 Å². The fraction of sp³-hybridized carbons (Fsp3) is 0.235. The number of thiophene rings is 1. The van der Waals surface area contributed by atoms with E-state index in [-0.39, 0.29) is 5.91 Å². The minimum Gasteiger partial charge on any atom is -0.355 e. The number of aryl methyl sites for hydroxylation is 1. The zero-order chi connectivity index (χ0) is 15.9. The van der Waals surface area contributed by atoms with E-state index in [1.807, 2.05) is 42.6 Å². The third-order valence-corrected chi connectivity index (χ3v) is 5.07. The van der Waals surface area contributed by atoms with Crippen molar-refractivity contribution in [2.24, 2.45) is 0 Å². The van der Waals surface area contributed by atoms with Gasteiger partial charge >= 0.3 is 0 Å². The molecule has 1 aliphatic rings. The highest BCUT2D eigenvalue weighted by atomic mass is 32.1. The van der Waals surface area contributed by atoms with E-state index in [2.05, 4.69) is 15.5 Å². The van der Waals surface area contributed by atoms with Gasteiger partial charge in [-0.25, -0.2) is 4.98 Å². The molecule has 3 heterocycles. The maximum absolute atomic E-state index is 12.7. The predicted octanol–water partition coefficient (Wildman–Crippen LogP) is 3.78. The van der Waals surface area contributed by atoms with Crippen molar-refractivity contribution in [3.8, 4) is 10.6 Å². The largest absolute Gasteiger partial charge is 0.355 e. The molecule has 0 aliphatic heterocycles. The van der Waals surface area contributed by atoms with E-state index in [0.717, 1.165) is 23.3 Å². The first kappa shape index (κ1) is 14.1. The van der Waals surface area contributed by atoms with Crippen molar-refractivity contribution in [2.75, 3.05) is 5.32 Å². The molecule has 0 radical (unpaired) electrons. The van der Waals surface area contributed by atoms with Crippen LogP contribution in [-0.4, -0.2) is 16.0 Å². The summed E-state index contributed by atoms with van der Waals surface area (Å²) in [6.07, 6.45) is 3.23. The van der Waals surface area contributed by atoms with E-state index in [4.69, 9.17) is 4.52 Å². The molecule has 0 spiro atoms. The van der Waals surface area contributed by atoms with Crippen LogP contribution < -0.4 is 5.32 Å². The van der Waals surface area contributed by atoms with Crippen LogP contribution in [0.3, 0.4) is 0 Å². The summed E-state index contributed by atoms with van der Waals surface area (Å²) in [7, 11) is 0. The van der Waals surface area contributed by atoms with Crippen molar-refractivity contribution in [3.63, 3.8) is 0 Å². The molecule has 1 N–H and O–H groups in total. The van der Waals surface area contributed by atoms with Gasteiger partial charge in [0.05, 0.1) is 16.0 Å². The highest BCUT2D eigenvalue weighted by Crippen LogP contribution is 2.49. The fourth-order valence-corrected chi connectivity index (χ4v) is 3.28. The number of pyridine rings is 1. The number of carbonyl (C=O) groups is 1. The lowest BCUT2D eigenvalue weighted by Crippen LogP contribution is -2.28. The van der Waals surface area contributed by atoms with Crippen LogP contribution in [0, 0.1) is 6.92 Å². The van der Waals surface area contributed by atoms with Crippen LogP contribution in [0.5, 0.6) is 0 Å². The molecule has 4 rings (SSSR count). The van der Waals surface area contributed by atoms with E-state index in [0.29, 0.717) is 17.3 Å². The molecule has 6 heteroatoms. The predicted molar refractivity (Wildman–Crippen MR) is 88.3 cm³/mol. The number of nitrogens with one attached hydrogen (secondary N) is 1. The Bertz CT molecular complexity index is 850. The summed E-state index contributed by atoms with van der Waals surface area (Å²) in [5.41, 5.74) is 1.06. The molecule has 1 aliphatic carbocycles. The van der Waals surface area contributed by atoms with E-state index in [9.17, 15) is 4.79 Å². The highest BCUT2D eigenvalue weighted by molar-refractivity contribution is 7.13. The van der Waals surface area contributed by atoms with Crippen molar-refractivity contribution in [2.45, 2.75) is 25.2 Å². The molecule has 1 amide bonds. The average Bonchev–Trinajstić information content (AvgIpc) is 2.99. The first-order chi connectivity index (χ1) is 11.2. The first-order valence-electron chi connectivity index (χ1n) is 7.43. The van der Waals surface area contributed by atoms with Crippen LogP contribution in [-0.2, 0) is 10.2 Å². The van der Waals surface area contributed by atoms with Gasteiger partial charge in [0.2, 0.25) is 5.91 Å². The third kappa shape index (κ3) is 2.45. The number of nitrogens with zero attached hydrogens (tertiary/aromatic N) is 2. The Balaban J connectivity index is 1.59. The van der Waals surface area contributed by atoms with Gasteiger partial charge in [-0.15, -0.1) is 11.3 Å². The molecule has 0 atom stereocenters. The summed E-state index contributed by atoms with van der Waals surface area (Å²) >= 11 is 1.59. The number of amides is 1. The lowest BCUT2D eigenvalue weighted by molar-refractivity contribution is -0.118. The number of aromatic nitrogens is 2. The molecular weight excluding hydrogens is 310 g/mol. The summed E-state index contributed by atoms with van der Waals surface area (Å²) in [6.45, 7) is 1.92. The Hall–Kier alpha value is -2.47. The van der Waals surface area contributed by atoms with Gasteiger partial charge in [0.25, 0.3) is 0 Å². The van der Waals surface area contributed by atoms with Crippen LogP contribution in [0.4, 0.5) is 5.82 Å². The summed E-state index contributed by atoms with van der Waals surface area (Å²) < 4.78 is 5.42. The molecule has 23 heavy (non-hydrogen) atoms. The van der Waals surface area contributed by atoms with Gasteiger partial charge in [-0.1, -0.05) is 17.3 Å². The smallest absolute Gasteiger partial charge is 0.237 e. The highest BCUT2D eigenvalue weighted by Gasteiger charge is 2.54. The zero-order valence-corrected chi connectivity index (χ0v) is 13.4. The van der Waals surface area contributed by atoms with Gasteiger partial charge in [-0.3, -0.25) is 4.79 Å². The molecule has 3 aromatic heterocycles. The van der Waals surface area contributed by atoms with Crippen LogP contribution in [0.2, 0.25) is 0 Å². The molecule has 0 saturated heterocycles. The van der Waals surface area contributed by atoms with Crippen LogP contribution in [0.15, 0.2) is 46.4 Å². The molecule has 0 unspecified atom stereocenters. The van der Waals surface area contributed by atoms with Crippen molar-refractivity contribution < 1.29 is 9.32 Å². The summed E-state index contributed by atoms with van der Waals surface area (Å²) in [4.78, 5) is 18.0. The number of anilines is 1. The summed E-state index contributed by atoms with van der Waals surface area (Å²) in [5, 5.41) is 9.06. The maximum Gasteiger partial charge on any atom is 0.237 e. The Morgan fingerprint density at radius 1 is 1.35 bits per heavy atom. The molecule has 0 bridgehead atoms. The number of rotatable bonds is 4. The monoisotopic (exact) mass is 325 g/mol.